The molecule has 4 aromatic rings. The van der Waals surface area contributed by atoms with E-state index in [1.54, 1.807) is 18.4 Å². The number of hydrogen-bond acceptors (Lipinski definition) is 5. The zero-order chi connectivity index (χ0) is 19.1. The quantitative estimate of drug-likeness (QED) is 0.557. The van der Waals surface area contributed by atoms with E-state index in [1.807, 2.05) is 29.6 Å². The van der Waals surface area contributed by atoms with Crippen molar-refractivity contribution < 1.29 is 4.74 Å². The molecule has 28 heavy (non-hydrogen) atoms. The fraction of sp³-hybridized carbons (Fsp3) is 0.238. The van der Waals surface area contributed by atoms with Crippen molar-refractivity contribution in [3.63, 3.8) is 0 Å². The fourth-order valence-electron chi connectivity index (χ4n) is 3.81. The van der Waals surface area contributed by atoms with E-state index in [0.29, 0.717) is 18.8 Å². The first-order valence-corrected chi connectivity index (χ1v) is 10.1. The maximum absolute atomic E-state index is 12.5. The van der Waals surface area contributed by atoms with Gasteiger partial charge < -0.3 is 14.7 Å². The van der Waals surface area contributed by atoms with Gasteiger partial charge in [0.25, 0.3) is 5.56 Å². The first-order valence-electron chi connectivity index (χ1n) is 9.23. The Morgan fingerprint density at radius 3 is 3.07 bits per heavy atom. The second kappa shape index (κ2) is 6.92. The molecule has 6 nitrogen and oxygen atoms in total. The van der Waals surface area contributed by atoms with E-state index in [1.165, 1.54) is 10.9 Å². The minimum Gasteiger partial charge on any atom is -0.497 e. The van der Waals surface area contributed by atoms with Gasteiger partial charge in [0.1, 0.15) is 5.75 Å². The Bertz CT molecular complexity index is 1190. The number of nitrogens with zero attached hydrogens (tertiary/aromatic N) is 2. The average Bonchev–Trinajstić information content (AvgIpc) is 3.38. The molecule has 0 fully saturated rings. The Labute approximate surface area is 165 Å². The number of H-pyrrole nitrogens is 2. The lowest BCUT2D eigenvalue weighted by Crippen LogP contribution is -2.35. The van der Waals surface area contributed by atoms with E-state index in [-0.39, 0.29) is 5.56 Å². The lowest BCUT2D eigenvalue weighted by atomic mass is 10.1. The van der Waals surface area contributed by atoms with Gasteiger partial charge in [-0.1, -0.05) is 6.07 Å². The molecular formula is C21H20N4O2S. The molecule has 2 N–H and O–H groups in total. The molecule has 4 heterocycles. The lowest BCUT2D eigenvalue weighted by Gasteiger charge is -2.27. The largest absolute Gasteiger partial charge is 0.497 e. The fourth-order valence-corrected chi connectivity index (χ4v) is 4.48. The van der Waals surface area contributed by atoms with Crippen LogP contribution in [0.1, 0.15) is 16.8 Å². The molecular weight excluding hydrogens is 372 g/mol. The summed E-state index contributed by atoms with van der Waals surface area (Å²) in [6.07, 6.45) is 2.77. The van der Waals surface area contributed by atoms with Crippen molar-refractivity contribution in [3.8, 4) is 16.5 Å². The Hall–Kier alpha value is -2.90. The van der Waals surface area contributed by atoms with Crippen LogP contribution in [0.5, 0.6) is 5.75 Å². The standard InChI is InChI=1S/C21H20N4O2S/c1-27-14-4-5-17-16(9-14)13(10-22-17)11-25-7-6-15-18(12-25)23-20(24-21(15)26)19-3-2-8-28-19/h2-5,8-10,22H,6-7,11-12H2,1H3,(H,23,24,26). The van der Waals surface area contributed by atoms with Crippen molar-refractivity contribution in [3.05, 3.63) is 69.1 Å². The Morgan fingerprint density at radius 2 is 2.25 bits per heavy atom. The van der Waals surface area contributed by atoms with Gasteiger partial charge in [0.2, 0.25) is 0 Å². The van der Waals surface area contributed by atoms with Crippen molar-refractivity contribution in [2.24, 2.45) is 0 Å². The summed E-state index contributed by atoms with van der Waals surface area (Å²) >= 11 is 1.58. The molecule has 1 aliphatic rings. The maximum atomic E-state index is 12.5. The number of methoxy groups -OCH3 is 1. The molecule has 0 saturated carbocycles. The molecule has 1 aliphatic heterocycles. The zero-order valence-electron chi connectivity index (χ0n) is 15.5. The third-order valence-corrected chi connectivity index (χ3v) is 6.15. The molecule has 0 spiro atoms. The molecule has 5 rings (SSSR count). The van der Waals surface area contributed by atoms with Crippen LogP contribution < -0.4 is 10.3 Å². The monoisotopic (exact) mass is 392 g/mol. The average molecular weight is 392 g/mol. The van der Waals surface area contributed by atoms with Gasteiger partial charge in [0.05, 0.1) is 17.7 Å². The number of hydrogen-bond donors (Lipinski definition) is 2. The van der Waals surface area contributed by atoms with Gasteiger partial charge in [-0.15, -0.1) is 11.3 Å². The predicted molar refractivity (Wildman–Crippen MR) is 111 cm³/mol. The molecule has 0 saturated heterocycles. The van der Waals surface area contributed by atoms with Gasteiger partial charge >= 0.3 is 0 Å². The molecule has 0 radical (unpaired) electrons. The second-order valence-corrected chi connectivity index (χ2v) is 7.95. The molecule has 0 unspecified atom stereocenters. The molecule has 142 valence electrons. The number of benzene rings is 1. The highest BCUT2D eigenvalue weighted by Gasteiger charge is 2.22. The van der Waals surface area contributed by atoms with E-state index in [4.69, 9.17) is 9.72 Å². The van der Waals surface area contributed by atoms with Crippen LogP contribution in [0.3, 0.4) is 0 Å². The maximum Gasteiger partial charge on any atom is 0.254 e. The summed E-state index contributed by atoms with van der Waals surface area (Å²) in [6.45, 7) is 2.32. The third-order valence-electron chi connectivity index (χ3n) is 5.28. The van der Waals surface area contributed by atoms with Crippen LogP contribution in [0.15, 0.2) is 46.7 Å². The highest BCUT2D eigenvalue weighted by Crippen LogP contribution is 2.27. The van der Waals surface area contributed by atoms with E-state index < -0.39 is 0 Å². The molecule has 7 heteroatoms. The highest BCUT2D eigenvalue weighted by molar-refractivity contribution is 7.13. The summed E-state index contributed by atoms with van der Waals surface area (Å²) in [5.41, 5.74) is 4.02. The minimum absolute atomic E-state index is 0.00937. The summed E-state index contributed by atoms with van der Waals surface area (Å²) in [4.78, 5) is 26.9. The number of rotatable bonds is 4. The van der Waals surface area contributed by atoms with Crippen molar-refractivity contribution in [2.45, 2.75) is 19.5 Å². The molecule has 0 bridgehead atoms. The summed E-state index contributed by atoms with van der Waals surface area (Å²) < 4.78 is 5.37. The smallest absolute Gasteiger partial charge is 0.254 e. The van der Waals surface area contributed by atoms with Crippen LogP contribution in [0.2, 0.25) is 0 Å². The van der Waals surface area contributed by atoms with E-state index in [2.05, 4.69) is 27.1 Å². The third kappa shape index (κ3) is 3.02. The van der Waals surface area contributed by atoms with Crippen LogP contribution in [0.4, 0.5) is 0 Å². The summed E-state index contributed by atoms with van der Waals surface area (Å²) in [6, 6.07) is 10.0. The number of fused-ring (bicyclic) bond motifs is 2. The molecule has 0 aliphatic carbocycles. The van der Waals surface area contributed by atoms with Gasteiger partial charge in [-0.05, 0) is 41.6 Å². The van der Waals surface area contributed by atoms with Crippen LogP contribution in [0, 0.1) is 0 Å². The summed E-state index contributed by atoms with van der Waals surface area (Å²) in [5, 5.41) is 3.16. The van der Waals surface area contributed by atoms with Gasteiger partial charge in [0.15, 0.2) is 5.82 Å². The number of ether oxygens (including phenoxy) is 1. The topological polar surface area (TPSA) is 74.0 Å². The Morgan fingerprint density at radius 1 is 1.32 bits per heavy atom. The molecule has 3 aromatic heterocycles. The van der Waals surface area contributed by atoms with Gasteiger partial charge in [-0.3, -0.25) is 9.69 Å². The van der Waals surface area contributed by atoms with Crippen LogP contribution in [-0.4, -0.2) is 33.5 Å². The van der Waals surface area contributed by atoms with Gasteiger partial charge in [-0.2, -0.15) is 0 Å². The summed E-state index contributed by atoms with van der Waals surface area (Å²) in [7, 11) is 1.68. The Balaban J connectivity index is 1.44. The predicted octanol–water partition coefficient (Wildman–Crippen LogP) is 3.55. The zero-order valence-corrected chi connectivity index (χ0v) is 16.3. The minimum atomic E-state index is -0.00937. The van der Waals surface area contributed by atoms with E-state index in [9.17, 15) is 4.79 Å². The lowest BCUT2D eigenvalue weighted by molar-refractivity contribution is 0.241. The SMILES string of the molecule is COc1ccc2[nH]cc(CN3CCc4c(nc(-c5cccs5)[nH]c4=O)C3)c2c1. The van der Waals surface area contributed by atoms with Crippen molar-refractivity contribution in [2.75, 3.05) is 13.7 Å². The van der Waals surface area contributed by atoms with Crippen molar-refractivity contribution in [1.82, 2.24) is 19.9 Å². The van der Waals surface area contributed by atoms with E-state index in [0.717, 1.165) is 40.5 Å². The number of thiophene rings is 1. The summed E-state index contributed by atoms with van der Waals surface area (Å²) in [5.74, 6) is 1.52. The van der Waals surface area contributed by atoms with Crippen LogP contribution >= 0.6 is 11.3 Å². The molecule has 0 amide bonds. The highest BCUT2D eigenvalue weighted by atomic mass is 32.1. The number of nitrogens with one attached hydrogen (secondary N) is 2. The van der Waals surface area contributed by atoms with Crippen molar-refractivity contribution >= 4 is 22.2 Å². The second-order valence-electron chi connectivity index (χ2n) is 7.00. The van der Waals surface area contributed by atoms with Crippen LogP contribution in [-0.2, 0) is 19.5 Å². The van der Waals surface area contributed by atoms with E-state index >= 15 is 0 Å². The number of aromatic amines is 2. The number of aromatic nitrogens is 3. The first kappa shape index (κ1) is 17.2. The van der Waals surface area contributed by atoms with Crippen LogP contribution in [0.25, 0.3) is 21.6 Å². The first-order chi connectivity index (χ1) is 13.7. The molecule has 0 atom stereocenters. The van der Waals surface area contributed by atoms with Gasteiger partial charge in [-0.25, -0.2) is 4.98 Å². The van der Waals surface area contributed by atoms with Gasteiger partial charge in [0, 0.05) is 42.3 Å². The van der Waals surface area contributed by atoms with Crippen molar-refractivity contribution in [1.29, 1.82) is 0 Å². The Kier molecular flexibility index (Phi) is 4.26. The molecule has 1 aromatic carbocycles. The normalized spacial score (nSPS) is 14.3.